The lowest BCUT2D eigenvalue weighted by atomic mass is 10.2. The van der Waals surface area contributed by atoms with Crippen LogP contribution in [0.5, 0.6) is 0 Å². The summed E-state index contributed by atoms with van der Waals surface area (Å²) in [6.45, 7) is 7.54. The van der Waals surface area contributed by atoms with Crippen LogP contribution in [-0.4, -0.2) is 51.9 Å². The van der Waals surface area contributed by atoms with Gasteiger partial charge in [0.1, 0.15) is 0 Å². The van der Waals surface area contributed by atoms with Crippen LogP contribution in [0.25, 0.3) is 0 Å². The van der Waals surface area contributed by atoms with Gasteiger partial charge in [-0.15, -0.1) is 0 Å². The molecule has 2 rings (SSSR count). The molecule has 0 spiro atoms. The third-order valence-electron chi connectivity index (χ3n) is 5.27. The summed E-state index contributed by atoms with van der Waals surface area (Å²) in [5.74, 6) is 0. The first-order valence-corrected chi connectivity index (χ1v) is 15.4. The smallest absolute Gasteiger partial charge is 0.388 e. The van der Waals surface area contributed by atoms with Gasteiger partial charge in [0.15, 0.2) is 0 Å². The molecular formula is C25H42O5Si2. The number of hydrogen-bond donors (Lipinski definition) is 0. The third-order valence-corrected chi connectivity index (χ3v) is 11.7. The molecule has 0 unspecified atom stereocenters. The van der Waals surface area contributed by atoms with Crippen LogP contribution < -0.4 is 10.4 Å². The molecule has 0 radical (unpaired) electrons. The number of rotatable bonds is 14. The molecular weight excluding hydrogens is 436 g/mol. The van der Waals surface area contributed by atoms with Gasteiger partial charge >= 0.3 is 17.4 Å². The molecule has 0 saturated carbocycles. The predicted molar refractivity (Wildman–Crippen MR) is 137 cm³/mol. The van der Waals surface area contributed by atoms with Crippen LogP contribution >= 0.6 is 0 Å². The standard InChI is InChI=1S/C16H20O2Si.C9H22O3Si/c1-3-17-19(18-4-2,15-11-7-5-8-12-15)16-13-9-6-10-14-16;1-5-6-7-8-9-13(10-2,11-3)12-4/h5-14H,3-4H2,1-2H3;5-9H2,1-4H3. The van der Waals surface area contributed by atoms with Gasteiger partial charge in [0.05, 0.1) is 0 Å². The molecule has 0 atom stereocenters. The van der Waals surface area contributed by atoms with Gasteiger partial charge in [-0.1, -0.05) is 86.8 Å². The first-order chi connectivity index (χ1) is 15.6. The first kappa shape index (κ1) is 28.7. The molecule has 0 fully saturated rings. The Hall–Kier alpha value is -1.33. The molecule has 0 aliphatic heterocycles. The summed E-state index contributed by atoms with van der Waals surface area (Å²) in [5, 5.41) is 2.31. The van der Waals surface area contributed by atoms with Crippen molar-refractivity contribution < 1.29 is 22.1 Å². The van der Waals surface area contributed by atoms with Gasteiger partial charge < -0.3 is 22.1 Å². The highest BCUT2D eigenvalue weighted by molar-refractivity contribution is 6.92. The van der Waals surface area contributed by atoms with E-state index in [1.807, 2.05) is 50.2 Å². The minimum atomic E-state index is -2.55. The molecule has 180 valence electrons. The monoisotopic (exact) mass is 478 g/mol. The van der Waals surface area contributed by atoms with E-state index < -0.39 is 17.4 Å². The summed E-state index contributed by atoms with van der Waals surface area (Å²) in [7, 11) is 0.182. The fourth-order valence-corrected chi connectivity index (χ4v) is 8.54. The fraction of sp³-hybridized carbons (Fsp3) is 0.520. The maximum absolute atomic E-state index is 6.16. The maximum atomic E-state index is 6.16. The molecule has 0 bridgehead atoms. The van der Waals surface area contributed by atoms with Gasteiger partial charge in [-0.2, -0.15) is 0 Å². The summed E-state index contributed by atoms with van der Waals surface area (Å²) in [5.41, 5.74) is 0. The van der Waals surface area contributed by atoms with Gasteiger partial charge in [0.2, 0.25) is 0 Å². The van der Waals surface area contributed by atoms with Crippen LogP contribution in [-0.2, 0) is 22.1 Å². The summed E-state index contributed by atoms with van der Waals surface area (Å²) >= 11 is 0. The highest BCUT2D eigenvalue weighted by atomic mass is 28.4. The molecule has 0 aliphatic carbocycles. The van der Waals surface area contributed by atoms with E-state index in [1.165, 1.54) is 19.3 Å². The predicted octanol–water partition coefficient (Wildman–Crippen LogP) is 4.76. The second kappa shape index (κ2) is 16.3. The molecule has 0 amide bonds. The van der Waals surface area contributed by atoms with Gasteiger partial charge in [-0.25, -0.2) is 0 Å². The molecule has 0 saturated heterocycles. The van der Waals surface area contributed by atoms with Crippen LogP contribution in [0, 0.1) is 0 Å². The summed E-state index contributed by atoms with van der Waals surface area (Å²) in [6, 6.07) is 21.5. The topological polar surface area (TPSA) is 46.2 Å². The SMILES string of the molecule is CCCCCC[Si](OC)(OC)OC.CCO[Si](OCC)(c1ccccc1)c1ccccc1. The zero-order chi connectivity index (χ0) is 23.7. The second-order valence-corrected chi connectivity index (χ2v) is 13.4. The van der Waals surface area contributed by atoms with Crippen molar-refractivity contribution in [2.45, 2.75) is 52.5 Å². The molecule has 0 N–H and O–H groups in total. The van der Waals surface area contributed by atoms with Crippen LogP contribution in [0.4, 0.5) is 0 Å². The maximum Gasteiger partial charge on any atom is 0.500 e. The molecule has 0 aliphatic rings. The lowest BCUT2D eigenvalue weighted by Gasteiger charge is -2.30. The quantitative estimate of drug-likeness (QED) is 0.289. The van der Waals surface area contributed by atoms with E-state index in [4.69, 9.17) is 22.1 Å². The van der Waals surface area contributed by atoms with Crippen LogP contribution in [0.15, 0.2) is 60.7 Å². The average molecular weight is 479 g/mol. The van der Waals surface area contributed by atoms with Gasteiger partial charge in [0, 0.05) is 40.6 Å². The molecule has 7 heteroatoms. The Morgan fingerprint density at radius 3 is 1.38 bits per heavy atom. The second-order valence-electron chi connectivity index (χ2n) is 7.32. The minimum absolute atomic E-state index is 0.649. The zero-order valence-corrected chi connectivity index (χ0v) is 22.8. The summed E-state index contributed by atoms with van der Waals surface area (Å²) < 4.78 is 28.3. The Balaban J connectivity index is 0.000000347. The van der Waals surface area contributed by atoms with E-state index >= 15 is 0 Å². The van der Waals surface area contributed by atoms with Crippen molar-refractivity contribution in [2.75, 3.05) is 34.5 Å². The Kier molecular flexibility index (Phi) is 14.6. The minimum Gasteiger partial charge on any atom is -0.388 e. The Morgan fingerprint density at radius 2 is 1.03 bits per heavy atom. The number of unbranched alkanes of at least 4 members (excludes halogenated alkanes) is 3. The molecule has 0 aromatic heterocycles. The highest BCUT2D eigenvalue weighted by Crippen LogP contribution is 2.17. The third kappa shape index (κ3) is 8.55. The molecule has 2 aromatic carbocycles. The van der Waals surface area contributed by atoms with Crippen LogP contribution in [0.1, 0.15) is 46.5 Å². The summed E-state index contributed by atoms with van der Waals surface area (Å²) in [6.07, 6.45) is 4.90. The van der Waals surface area contributed by atoms with Crippen LogP contribution in [0.3, 0.4) is 0 Å². The zero-order valence-electron chi connectivity index (χ0n) is 20.8. The normalized spacial score (nSPS) is 11.7. The number of hydrogen-bond acceptors (Lipinski definition) is 5. The first-order valence-electron chi connectivity index (χ1n) is 11.6. The average Bonchev–Trinajstić information content (AvgIpc) is 2.86. The van der Waals surface area contributed by atoms with Gasteiger partial charge in [0.25, 0.3) is 0 Å². The highest BCUT2D eigenvalue weighted by Gasteiger charge is 2.42. The molecule has 5 nitrogen and oxygen atoms in total. The van der Waals surface area contributed by atoms with E-state index in [9.17, 15) is 0 Å². The van der Waals surface area contributed by atoms with Crippen LogP contribution in [0.2, 0.25) is 6.04 Å². The van der Waals surface area contributed by atoms with Crippen molar-refractivity contribution in [3.05, 3.63) is 60.7 Å². The Bertz CT molecular complexity index is 640. The van der Waals surface area contributed by atoms with Gasteiger partial charge in [-0.3, -0.25) is 0 Å². The Labute approximate surface area is 197 Å². The molecule has 2 aromatic rings. The Morgan fingerprint density at radius 1 is 0.594 bits per heavy atom. The van der Waals surface area contributed by atoms with Gasteiger partial charge in [-0.05, 0) is 30.6 Å². The molecule has 32 heavy (non-hydrogen) atoms. The number of benzene rings is 2. The largest absolute Gasteiger partial charge is 0.500 e. The van der Waals surface area contributed by atoms with E-state index in [0.717, 1.165) is 22.8 Å². The van der Waals surface area contributed by atoms with E-state index in [-0.39, 0.29) is 0 Å². The van der Waals surface area contributed by atoms with Crippen molar-refractivity contribution in [2.24, 2.45) is 0 Å². The lowest BCUT2D eigenvalue weighted by Crippen LogP contribution is -2.63. The van der Waals surface area contributed by atoms with E-state index in [1.54, 1.807) is 21.3 Å². The van der Waals surface area contributed by atoms with Crippen molar-refractivity contribution in [3.8, 4) is 0 Å². The fourth-order valence-electron chi connectivity index (χ4n) is 3.59. The lowest BCUT2D eigenvalue weighted by molar-refractivity contribution is 0.122. The van der Waals surface area contributed by atoms with E-state index in [2.05, 4.69) is 31.2 Å². The van der Waals surface area contributed by atoms with Crippen molar-refractivity contribution >= 4 is 27.7 Å². The van der Waals surface area contributed by atoms with Crippen molar-refractivity contribution in [3.63, 3.8) is 0 Å². The van der Waals surface area contributed by atoms with Crippen molar-refractivity contribution in [1.29, 1.82) is 0 Å². The van der Waals surface area contributed by atoms with E-state index in [0.29, 0.717) is 13.2 Å². The van der Waals surface area contributed by atoms with Crippen molar-refractivity contribution in [1.82, 2.24) is 0 Å². The summed E-state index contributed by atoms with van der Waals surface area (Å²) in [4.78, 5) is 0. The molecule has 0 heterocycles.